The summed E-state index contributed by atoms with van der Waals surface area (Å²) < 4.78 is 5.64. The summed E-state index contributed by atoms with van der Waals surface area (Å²) >= 11 is 0. The molecule has 2 fully saturated rings. The predicted molar refractivity (Wildman–Crippen MR) is 128 cm³/mol. The second-order valence-electron chi connectivity index (χ2n) is 7.94. The van der Waals surface area contributed by atoms with Gasteiger partial charge in [-0.15, -0.1) is 24.0 Å². The van der Waals surface area contributed by atoms with Crippen LogP contribution in [0, 0.1) is 6.92 Å². The number of nitrogens with one attached hydrogen (secondary N) is 2. The van der Waals surface area contributed by atoms with Gasteiger partial charge in [-0.25, -0.2) is 4.99 Å². The second-order valence-corrected chi connectivity index (χ2v) is 7.94. The lowest BCUT2D eigenvalue weighted by Crippen LogP contribution is -2.56. The minimum absolute atomic E-state index is 0. The minimum Gasteiger partial charge on any atom is -0.494 e. The van der Waals surface area contributed by atoms with Gasteiger partial charge >= 0.3 is 0 Å². The van der Waals surface area contributed by atoms with Crippen LogP contribution >= 0.6 is 24.0 Å². The zero-order valence-electron chi connectivity index (χ0n) is 17.8. The van der Waals surface area contributed by atoms with E-state index in [0.717, 1.165) is 30.3 Å². The minimum atomic E-state index is 0. The number of rotatable bonds is 6. The molecule has 2 bridgehead atoms. The standard InChI is InChI=1S/C22H36N4O.HI/c1-5-23-22(24-15-17-10-11-21(27-6-2)16(3)12-17)25-18-13-19-8-7-9-20(14-18)26(19)4;/h10-12,18-20H,5-9,13-15H2,1-4H3,(H2,23,24,25);1H. The Bertz CT molecular complexity index is 637. The van der Waals surface area contributed by atoms with Crippen LogP contribution in [0.2, 0.25) is 0 Å². The molecule has 2 unspecified atom stereocenters. The van der Waals surface area contributed by atoms with E-state index in [4.69, 9.17) is 9.73 Å². The molecule has 0 spiro atoms. The maximum Gasteiger partial charge on any atom is 0.191 e. The Labute approximate surface area is 187 Å². The first kappa shape index (κ1) is 23.3. The molecule has 28 heavy (non-hydrogen) atoms. The number of halogens is 1. The summed E-state index contributed by atoms with van der Waals surface area (Å²) in [4.78, 5) is 7.45. The van der Waals surface area contributed by atoms with Gasteiger partial charge in [0.1, 0.15) is 5.75 Å². The molecule has 2 N–H and O–H groups in total. The molecule has 1 aromatic carbocycles. The fourth-order valence-electron chi connectivity index (χ4n) is 4.54. The molecule has 2 saturated heterocycles. The fourth-order valence-corrected chi connectivity index (χ4v) is 4.54. The Kier molecular flexibility index (Phi) is 9.34. The lowest BCUT2D eigenvalue weighted by atomic mass is 9.82. The first-order valence-corrected chi connectivity index (χ1v) is 10.6. The van der Waals surface area contributed by atoms with Crippen LogP contribution in [0.3, 0.4) is 0 Å². The van der Waals surface area contributed by atoms with Gasteiger partial charge in [-0.2, -0.15) is 0 Å². The molecule has 3 rings (SSSR count). The fraction of sp³-hybridized carbons (Fsp3) is 0.682. The number of benzene rings is 1. The average Bonchev–Trinajstić information content (AvgIpc) is 2.63. The van der Waals surface area contributed by atoms with E-state index in [1.54, 1.807) is 0 Å². The molecule has 2 atom stereocenters. The number of fused-ring (bicyclic) bond motifs is 2. The van der Waals surface area contributed by atoms with Gasteiger partial charge in [0, 0.05) is 24.7 Å². The summed E-state index contributed by atoms with van der Waals surface area (Å²) in [6, 6.07) is 8.33. The summed E-state index contributed by atoms with van der Waals surface area (Å²) in [5.41, 5.74) is 2.39. The third-order valence-electron chi connectivity index (χ3n) is 5.98. The van der Waals surface area contributed by atoms with Gasteiger partial charge in [-0.1, -0.05) is 18.6 Å². The van der Waals surface area contributed by atoms with Crippen LogP contribution in [0.25, 0.3) is 0 Å². The molecule has 6 heteroatoms. The highest BCUT2D eigenvalue weighted by atomic mass is 127. The monoisotopic (exact) mass is 500 g/mol. The third-order valence-corrected chi connectivity index (χ3v) is 5.98. The molecule has 158 valence electrons. The first-order chi connectivity index (χ1) is 13.1. The number of hydrogen-bond acceptors (Lipinski definition) is 3. The average molecular weight is 500 g/mol. The highest BCUT2D eigenvalue weighted by Gasteiger charge is 2.36. The van der Waals surface area contributed by atoms with Crippen LogP contribution in [-0.2, 0) is 6.54 Å². The van der Waals surface area contributed by atoms with Crippen LogP contribution in [-0.4, -0.2) is 49.2 Å². The Balaban J connectivity index is 0.00000280. The van der Waals surface area contributed by atoms with Gasteiger partial charge < -0.3 is 20.3 Å². The maximum absolute atomic E-state index is 5.64. The van der Waals surface area contributed by atoms with Crippen molar-refractivity contribution in [3.63, 3.8) is 0 Å². The van der Waals surface area contributed by atoms with Gasteiger partial charge in [-0.3, -0.25) is 0 Å². The number of guanidine groups is 1. The number of hydrogen-bond donors (Lipinski definition) is 2. The van der Waals surface area contributed by atoms with Crippen molar-refractivity contribution in [1.82, 2.24) is 15.5 Å². The summed E-state index contributed by atoms with van der Waals surface area (Å²) in [6.45, 7) is 8.50. The van der Waals surface area contributed by atoms with Crippen molar-refractivity contribution in [2.45, 2.75) is 77.5 Å². The molecule has 2 aliphatic heterocycles. The largest absolute Gasteiger partial charge is 0.494 e. The topological polar surface area (TPSA) is 48.9 Å². The van der Waals surface area contributed by atoms with Crippen LogP contribution in [0.4, 0.5) is 0 Å². The smallest absolute Gasteiger partial charge is 0.191 e. The van der Waals surface area contributed by atoms with E-state index in [1.165, 1.54) is 43.2 Å². The van der Waals surface area contributed by atoms with E-state index in [9.17, 15) is 0 Å². The van der Waals surface area contributed by atoms with E-state index < -0.39 is 0 Å². The highest BCUT2D eigenvalue weighted by molar-refractivity contribution is 14.0. The molecule has 5 nitrogen and oxygen atoms in total. The van der Waals surface area contributed by atoms with Crippen molar-refractivity contribution in [3.8, 4) is 5.75 Å². The lowest BCUT2D eigenvalue weighted by molar-refractivity contribution is 0.0526. The number of aryl methyl sites for hydroxylation is 1. The zero-order chi connectivity index (χ0) is 19.2. The SMILES string of the molecule is CCNC(=NCc1ccc(OCC)c(C)c1)NC1CC2CCCC(C1)N2C.I. The van der Waals surface area contributed by atoms with E-state index in [1.807, 2.05) is 6.92 Å². The molecule has 0 amide bonds. The maximum atomic E-state index is 5.64. The molecular weight excluding hydrogens is 463 g/mol. The van der Waals surface area contributed by atoms with Gasteiger partial charge in [0.25, 0.3) is 0 Å². The van der Waals surface area contributed by atoms with Crippen LogP contribution < -0.4 is 15.4 Å². The van der Waals surface area contributed by atoms with Gasteiger partial charge in [-0.05, 0) is 70.7 Å². The van der Waals surface area contributed by atoms with Crippen LogP contribution in [0.5, 0.6) is 5.75 Å². The molecule has 0 aromatic heterocycles. The molecule has 1 aromatic rings. The molecule has 2 heterocycles. The van der Waals surface area contributed by atoms with E-state index in [2.05, 4.69) is 54.6 Å². The third kappa shape index (κ3) is 5.99. The first-order valence-electron chi connectivity index (χ1n) is 10.6. The number of ether oxygens (including phenoxy) is 1. The molecule has 0 aliphatic carbocycles. The quantitative estimate of drug-likeness (QED) is 0.351. The van der Waals surface area contributed by atoms with E-state index >= 15 is 0 Å². The predicted octanol–water partition coefficient (Wildman–Crippen LogP) is 4.08. The van der Waals surface area contributed by atoms with Crippen molar-refractivity contribution in [2.24, 2.45) is 4.99 Å². The Morgan fingerprint density at radius 3 is 2.54 bits per heavy atom. The van der Waals surface area contributed by atoms with Gasteiger partial charge in [0.05, 0.1) is 13.2 Å². The Morgan fingerprint density at radius 2 is 1.93 bits per heavy atom. The van der Waals surface area contributed by atoms with Crippen molar-refractivity contribution < 1.29 is 4.74 Å². The van der Waals surface area contributed by atoms with E-state index in [0.29, 0.717) is 19.2 Å². The van der Waals surface area contributed by atoms with Crippen molar-refractivity contribution in [3.05, 3.63) is 29.3 Å². The van der Waals surface area contributed by atoms with Crippen LogP contribution in [0.15, 0.2) is 23.2 Å². The molecule has 0 saturated carbocycles. The van der Waals surface area contributed by atoms with Gasteiger partial charge in [0.15, 0.2) is 5.96 Å². The van der Waals surface area contributed by atoms with Gasteiger partial charge in [0.2, 0.25) is 0 Å². The number of piperidine rings is 2. The summed E-state index contributed by atoms with van der Waals surface area (Å²) in [6.07, 6.45) is 6.51. The zero-order valence-corrected chi connectivity index (χ0v) is 20.2. The Hall–Kier alpha value is -1.02. The highest BCUT2D eigenvalue weighted by Crippen LogP contribution is 2.32. The van der Waals surface area contributed by atoms with Crippen molar-refractivity contribution >= 4 is 29.9 Å². The molecule has 0 radical (unpaired) electrons. The number of nitrogens with zero attached hydrogens (tertiary/aromatic N) is 2. The second kappa shape index (κ2) is 11.2. The number of aliphatic imine (C=N–C) groups is 1. The summed E-state index contributed by atoms with van der Waals surface area (Å²) in [5.74, 6) is 1.91. The summed E-state index contributed by atoms with van der Waals surface area (Å²) in [7, 11) is 2.30. The Morgan fingerprint density at radius 1 is 1.21 bits per heavy atom. The molecular formula is C22H37IN4O. The van der Waals surface area contributed by atoms with Crippen molar-refractivity contribution in [2.75, 3.05) is 20.2 Å². The molecule has 2 aliphatic rings. The van der Waals surface area contributed by atoms with E-state index in [-0.39, 0.29) is 24.0 Å². The van der Waals surface area contributed by atoms with Crippen LogP contribution in [0.1, 0.15) is 57.1 Å². The summed E-state index contributed by atoms with van der Waals surface area (Å²) in [5, 5.41) is 7.13. The normalized spacial score (nSPS) is 25.0. The lowest BCUT2D eigenvalue weighted by Gasteiger charge is -2.47. The van der Waals surface area contributed by atoms with Crippen molar-refractivity contribution in [1.29, 1.82) is 0 Å².